The third kappa shape index (κ3) is 4.93. The Morgan fingerprint density at radius 3 is 2.43 bits per heavy atom. The Labute approximate surface area is 132 Å². The molecule has 1 aromatic carbocycles. The number of anilines is 1. The first-order valence-corrected chi connectivity index (χ1v) is 7.08. The van der Waals surface area contributed by atoms with Crippen molar-refractivity contribution in [3.63, 3.8) is 0 Å². The normalized spacial score (nSPS) is 12.4. The van der Waals surface area contributed by atoms with Crippen molar-refractivity contribution in [2.75, 3.05) is 12.4 Å². The van der Waals surface area contributed by atoms with Crippen molar-refractivity contribution >= 4 is 33.6 Å². The lowest BCUT2D eigenvalue weighted by Crippen LogP contribution is -2.50. The predicted molar refractivity (Wildman–Crippen MR) is 83.7 cm³/mol. The number of benzene rings is 1. The van der Waals surface area contributed by atoms with Crippen LogP contribution in [0.25, 0.3) is 0 Å². The van der Waals surface area contributed by atoms with E-state index >= 15 is 0 Å². The molecule has 2 amide bonds. The molecular formula is C14H19BrN2O4. The number of urea groups is 1. The Hall–Kier alpha value is -1.76. The highest BCUT2D eigenvalue weighted by Gasteiger charge is 2.32. The molecule has 116 valence electrons. The van der Waals surface area contributed by atoms with Gasteiger partial charge in [-0.25, -0.2) is 9.59 Å². The van der Waals surface area contributed by atoms with Gasteiger partial charge in [0.15, 0.2) is 0 Å². The maximum atomic E-state index is 12.0. The van der Waals surface area contributed by atoms with Gasteiger partial charge >= 0.3 is 12.0 Å². The number of carboxylic acids is 1. The molecule has 0 fully saturated rings. The van der Waals surface area contributed by atoms with Gasteiger partial charge in [-0.3, -0.25) is 0 Å². The van der Waals surface area contributed by atoms with E-state index in [9.17, 15) is 14.7 Å². The number of amides is 2. The van der Waals surface area contributed by atoms with Crippen molar-refractivity contribution in [2.45, 2.75) is 26.8 Å². The number of carbonyl (C=O) groups is 2. The standard InChI is InChI=1S/C14H19BrN2O4/c1-14(2,3)11(12(18)19)17-13(20)16-10-7-8(21-4)5-6-9(10)15/h5-7,11H,1-4H3,(H,18,19)(H2,16,17,20)/t11-/m1/s1. The summed E-state index contributed by atoms with van der Waals surface area (Å²) in [6.45, 7) is 5.23. The maximum absolute atomic E-state index is 12.0. The Balaban J connectivity index is 2.84. The van der Waals surface area contributed by atoms with E-state index in [0.29, 0.717) is 15.9 Å². The van der Waals surface area contributed by atoms with Gasteiger partial charge < -0.3 is 20.5 Å². The SMILES string of the molecule is COc1ccc(Br)c(NC(=O)N[C@H](C(=O)O)C(C)(C)C)c1. The molecule has 0 spiro atoms. The van der Waals surface area contributed by atoms with Gasteiger partial charge in [0.1, 0.15) is 11.8 Å². The van der Waals surface area contributed by atoms with E-state index in [-0.39, 0.29) is 0 Å². The first kappa shape index (κ1) is 17.3. The molecular weight excluding hydrogens is 340 g/mol. The molecule has 0 radical (unpaired) electrons. The maximum Gasteiger partial charge on any atom is 0.326 e. The summed E-state index contributed by atoms with van der Waals surface area (Å²) in [4.78, 5) is 23.2. The van der Waals surface area contributed by atoms with Crippen LogP contribution in [-0.4, -0.2) is 30.3 Å². The summed E-state index contributed by atoms with van der Waals surface area (Å²) in [7, 11) is 1.52. The van der Waals surface area contributed by atoms with Gasteiger partial charge in [0.2, 0.25) is 0 Å². The van der Waals surface area contributed by atoms with Crippen LogP contribution in [0, 0.1) is 5.41 Å². The van der Waals surface area contributed by atoms with Crippen LogP contribution in [0.1, 0.15) is 20.8 Å². The molecule has 7 heteroatoms. The van der Waals surface area contributed by atoms with E-state index in [0.717, 1.165) is 0 Å². The largest absolute Gasteiger partial charge is 0.497 e. The van der Waals surface area contributed by atoms with Gasteiger partial charge in [-0.15, -0.1) is 0 Å². The van der Waals surface area contributed by atoms with Crippen molar-refractivity contribution < 1.29 is 19.4 Å². The zero-order valence-electron chi connectivity index (χ0n) is 12.4. The number of rotatable bonds is 4. The number of methoxy groups -OCH3 is 1. The number of ether oxygens (including phenoxy) is 1. The summed E-state index contributed by atoms with van der Waals surface area (Å²) in [6.07, 6.45) is 0. The molecule has 1 aromatic rings. The lowest BCUT2D eigenvalue weighted by Gasteiger charge is -2.27. The number of hydrogen-bond acceptors (Lipinski definition) is 3. The molecule has 21 heavy (non-hydrogen) atoms. The van der Waals surface area contributed by atoms with Crippen molar-refractivity contribution in [3.05, 3.63) is 22.7 Å². The molecule has 0 aliphatic heterocycles. The van der Waals surface area contributed by atoms with Crippen molar-refractivity contribution in [3.8, 4) is 5.75 Å². The summed E-state index contributed by atoms with van der Waals surface area (Å²) < 4.78 is 5.75. The number of halogens is 1. The van der Waals surface area contributed by atoms with E-state index in [2.05, 4.69) is 26.6 Å². The molecule has 0 aliphatic carbocycles. The topological polar surface area (TPSA) is 87.7 Å². The van der Waals surface area contributed by atoms with E-state index < -0.39 is 23.5 Å². The van der Waals surface area contributed by atoms with Crippen LogP contribution >= 0.6 is 15.9 Å². The van der Waals surface area contributed by atoms with Gasteiger partial charge in [0.05, 0.1) is 12.8 Å². The lowest BCUT2D eigenvalue weighted by atomic mass is 9.87. The van der Waals surface area contributed by atoms with Gasteiger partial charge in [0.25, 0.3) is 0 Å². The van der Waals surface area contributed by atoms with Crippen LogP contribution in [0.3, 0.4) is 0 Å². The minimum atomic E-state index is -1.08. The molecule has 0 bridgehead atoms. The predicted octanol–water partition coefficient (Wildman–Crippen LogP) is 3.08. The number of nitrogens with one attached hydrogen (secondary N) is 2. The minimum Gasteiger partial charge on any atom is -0.497 e. The smallest absolute Gasteiger partial charge is 0.326 e. The second kappa shape index (κ2) is 6.80. The number of aliphatic carboxylic acids is 1. The zero-order chi connectivity index (χ0) is 16.2. The second-order valence-electron chi connectivity index (χ2n) is 5.58. The van der Waals surface area contributed by atoms with Gasteiger partial charge in [-0.2, -0.15) is 0 Å². The summed E-state index contributed by atoms with van der Waals surface area (Å²) in [5.74, 6) is -0.499. The molecule has 0 saturated carbocycles. The van der Waals surface area contributed by atoms with Gasteiger partial charge in [0, 0.05) is 10.5 Å². The molecule has 0 aromatic heterocycles. The van der Waals surface area contributed by atoms with Crippen LogP contribution in [-0.2, 0) is 4.79 Å². The highest BCUT2D eigenvalue weighted by molar-refractivity contribution is 9.10. The molecule has 1 rings (SSSR count). The average molecular weight is 359 g/mol. The monoisotopic (exact) mass is 358 g/mol. The fourth-order valence-corrected chi connectivity index (χ4v) is 2.01. The van der Waals surface area contributed by atoms with Gasteiger partial charge in [-0.05, 0) is 33.5 Å². The lowest BCUT2D eigenvalue weighted by molar-refractivity contribution is -0.141. The highest BCUT2D eigenvalue weighted by Crippen LogP contribution is 2.27. The van der Waals surface area contributed by atoms with Crippen molar-refractivity contribution in [1.82, 2.24) is 5.32 Å². The second-order valence-corrected chi connectivity index (χ2v) is 6.44. The summed E-state index contributed by atoms with van der Waals surface area (Å²) in [6, 6.07) is 3.51. The van der Waals surface area contributed by atoms with E-state index in [4.69, 9.17) is 4.74 Å². The number of carboxylic acid groups (broad SMARTS) is 1. The van der Waals surface area contributed by atoms with Crippen LogP contribution < -0.4 is 15.4 Å². The third-order valence-electron chi connectivity index (χ3n) is 2.81. The summed E-state index contributed by atoms with van der Waals surface area (Å²) in [5.41, 5.74) is -0.112. The average Bonchev–Trinajstić information content (AvgIpc) is 2.37. The van der Waals surface area contributed by atoms with Crippen molar-refractivity contribution in [2.24, 2.45) is 5.41 Å². The van der Waals surface area contributed by atoms with Crippen molar-refractivity contribution in [1.29, 1.82) is 0 Å². The Morgan fingerprint density at radius 2 is 1.95 bits per heavy atom. The molecule has 0 aliphatic rings. The molecule has 6 nitrogen and oxygen atoms in total. The Bertz CT molecular complexity index is 540. The van der Waals surface area contributed by atoms with E-state index in [1.54, 1.807) is 39.0 Å². The van der Waals surface area contributed by atoms with Crippen LogP contribution in [0.5, 0.6) is 5.75 Å². The fourth-order valence-electron chi connectivity index (χ4n) is 1.67. The Morgan fingerprint density at radius 1 is 1.33 bits per heavy atom. The number of carbonyl (C=O) groups excluding carboxylic acids is 1. The number of hydrogen-bond donors (Lipinski definition) is 3. The third-order valence-corrected chi connectivity index (χ3v) is 3.50. The minimum absolute atomic E-state index is 0.491. The molecule has 0 unspecified atom stereocenters. The van der Waals surface area contributed by atoms with Gasteiger partial charge in [-0.1, -0.05) is 20.8 Å². The highest BCUT2D eigenvalue weighted by atomic mass is 79.9. The summed E-state index contributed by atoms with van der Waals surface area (Å²) >= 11 is 3.31. The Kier molecular flexibility index (Phi) is 5.60. The molecule has 3 N–H and O–H groups in total. The molecule has 0 heterocycles. The van der Waals surface area contributed by atoms with Crippen LogP contribution in [0.15, 0.2) is 22.7 Å². The van der Waals surface area contributed by atoms with Crippen LogP contribution in [0.2, 0.25) is 0 Å². The molecule has 1 atom stereocenters. The van der Waals surface area contributed by atoms with E-state index in [1.165, 1.54) is 7.11 Å². The molecule has 0 saturated heterocycles. The first-order chi connectivity index (χ1) is 9.65. The van der Waals surface area contributed by atoms with E-state index in [1.807, 2.05) is 0 Å². The van der Waals surface area contributed by atoms with Crippen LogP contribution in [0.4, 0.5) is 10.5 Å². The summed E-state index contributed by atoms with van der Waals surface area (Å²) in [5, 5.41) is 14.2. The fraction of sp³-hybridized carbons (Fsp3) is 0.429. The zero-order valence-corrected chi connectivity index (χ0v) is 13.9. The first-order valence-electron chi connectivity index (χ1n) is 6.29. The quantitative estimate of drug-likeness (QED) is 0.771.